The predicted octanol–water partition coefficient (Wildman–Crippen LogP) is 10.8. The molecule has 0 bridgehead atoms. The number of phenolic OH excluding ortho intramolecular Hbond substituents is 2. The Bertz CT molecular complexity index is 2620. The number of aryl methyl sites for hydroxylation is 1. The number of aromatic hydroxyl groups is 2. The van der Waals surface area contributed by atoms with Gasteiger partial charge in [0.1, 0.15) is 28.0 Å². The van der Waals surface area contributed by atoms with Crippen molar-refractivity contribution in [1.29, 1.82) is 0 Å². The normalized spacial score (nSPS) is 12.7. The number of nitrogen functional groups attached to an aromatic ring is 1. The number of anilines is 1. The van der Waals surface area contributed by atoms with Gasteiger partial charge in [-0.05, 0) is 90.7 Å². The van der Waals surface area contributed by atoms with Crippen LogP contribution in [-0.2, 0) is 36.6 Å². The van der Waals surface area contributed by atoms with Crippen LogP contribution < -0.4 is 5.73 Å². The number of phenols is 2. The minimum atomic E-state index is -4.60. The molecule has 55 heavy (non-hydrogen) atoms. The maximum absolute atomic E-state index is 12.0. The number of fused-ring (bicyclic) bond motifs is 2. The molecule has 0 fully saturated rings. The summed E-state index contributed by atoms with van der Waals surface area (Å²) in [4.78, 5) is -0.304. The Balaban J connectivity index is 0.00000580. The molecule has 1 radical (unpaired) electrons. The Labute approximate surface area is 327 Å². The van der Waals surface area contributed by atoms with Crippen LogP contribution in [0.25, 0.3) is 21.5 Å². The molecule has 0 amide bonds. The molecule has 0 heterocycles. The maximum Gasteiger partial charge on any atom is 0.294 e. The van der Waals surface area contributed by atoms with Crippen molar-refractivity contribution in [2.75, 3.05) is 5.73 Å². The van der Waals surface area contributed by atoms with Crippen LogP contribution in [0.5, 0.6) is 11.5 Å². The van der Waals surface area contributed by atoms with Crippen LogP contribution in [0, 0.1) is 6.92 Å². The molecule has 289 valence electrons. The molecule has 0 spiro atoms. The predicted molar refractivity (Wildman–Crippen MR) is 200 cm³/mol. The number of benzene rings is 6. The fourth-order valence-corrected chi connectivity index (χ4v) is 6.64. The summed E-state index contributed by atoms with van der Waals surface area (Å²) in [5.74, 6) is -0.976. The van der Waals surface area contributed by atoms with Crippen LogP contribution in [0.15, 0.2) is 136 Å². The van der Waals surface area contributed by atoms with E-state index in [2.05, 4.69) is 40.1 Å². The Morgan fingerprint density at radius 1 is 0.673 bits per heavy atom. The molecule has 18 nitrogen and oxygen atoms in total. The minimum Gasteiger partial charge on any atom is -0.506 e. The Morgan fingerprint density at radius 2 is 1.33 bits per heavy atom. The fraction of sp³-hybridized carbons (Fsp3) is 0.0303. The third kappa shape index (κ3) is 9.42. The molecule has 6 aromatic carbocycles. The standard InChI is InChI=1S/C33H27N7O11S3.Cu/c1-17-12-29(39-40-32-31(54(47,48)49)13-18-2-3-19(34)14-24(18)33(32)42)30(41)16-28(17)38-37-27-11-10-26(23-9-8-22(15-25(23)27)53(44,45)46)36-35-20-4-6-21(7-5-20)52-51-50-43;/h2-16,41-43,47-49H,34H2,1H3,(H,44,45,46);. The zero-order chi connectivity index (χ0) is 38.8. The molecular formula is C33H27CuN7O11S3. The van der Waals surface area contributed by atoms with Gasteiger partial charge in [-0.1, -0.05) is 17.2 Å². The second-order valence-corrected chi connectivity index (χ2v) is 15.0. The van der Waals surface area contributed by atoms with E-state index in [1.54, 1.807) is 37.3 Å². The van der Waals surface area contributed by atoms with Crippen molar-refractivity contribution < 1.29 is 68.5 Å². The third-order valence-electron chi connectivity index (χ3n) is 7.70. The third-order valence-corrected chi connectivity index (χ3v) is 10.0. The first-order valence-corrected chi connectivity index (χ1v) is 18.7. The summed E-state index contributed by atoms with van der Waals surface area (Å²) < 4.78 is 68.3. The van der Waals surface area contributed by atoms with Crippen LogP contribution in [-0.4, -0.2) is 42.1 Å². The van der Waals surface area contributed by atoms with Gasteiger partial charge < -0.3 is 29.6 Å². The molecule has 0 unspecified atom stereocenters. The minimum absolute atomic E-state index is 0. The van der Waals surface area contributed by atoms with Crippen molar-refractivity contribution in [1.82, 2.24) is 0 Å². The van der Waals surface area contributed by atoms with Crippen molar-refractivity contribution in [3.63, 3.8) is 0 Å². The molecule has 0 aromatic heterocycles. The second kappa shape index (κ2) is 16.7. The second-order valence-electron chi connectivity index (χ2n) is 11.3. The largest absolute Gasteiger partial charge is 0.506 e. The van der Waals surface area contributed by atoms with Crippen LogP contribution in [0.2, 0.25) is 0 Å². The average molecular weight is 857 g/mol. The van der Waals surface area contributed by atoms with Gasteiger partial charge in [0.05, 0.1) is 44.6 Å². The van der Waals surface area contributed by atoms with Gasteiger partial charge in [-0.15, -0.1) is 24.8 Å². The van der Waals surface area contributed by atoms with Gasteiger partial charge in [0.25, 0.3) is 10.1 Å². The molecule has 6 aromatic rings. The molecule has 0 saturated heterocycles. The molecule has 0 aliphatic heterocycles. The van der Waals surface area contributed by atoms with E-state index in [9.17, 15) is 36.8 Å². The summed E-state index contributed by atoms with van der Waals surface area (Å²) in [6.07, 6.45) is 0. The summed E-state index contributed by atoms with van der Waals surface area (Å²) in [7, 11) is -8.98. The number of nitrogens with two attached hydrogens (primary N) is 1. The molecule has 0 aliphatic carbocycles. The van der Waals surface area contributed by atoms with E-state index >= 15 is 0 Å². The zero-order valence-electron chi connectivity index (χ0n) is 27.7. The first-order valence-electron chi connectivity index (χ1n) is 15.1. The van der Waals surface area contributed by atoms with Gasteiger partial charge in [-0.3, -0.25) is 4.55 Å². The van der Waals surface area contributed by atoms with Crippen LogP contribution >= 0.6 is 22.9 Å². The number of hydrogen-bond donors (Lipinski definition) is 8. The average Bonchev–Trinajstić information content (AvgIpc) is 3.13. The van der Waals surface area contributed by atoms with Gasteiger partial charge in [-0.2, -0.15) is 18.6 Å². The van der Waals surface area contributed by atoms with Gasteiger partial charge >= 0.3 is 0 Å². The van der Waals surface area contributed by atoms with Gasteiger partial charge in [-0.25, -0.2) is 5.26 Å². The van der Waals surface area contributed by atoms with Crippen molar-refractivity contribution in [2.24, 2.45) is 30.7 Å². The monoisotopic (exact) mass is 856 g/mol. The summed E-state index contributed by atoms with van der Waals surface area (Å²) in [6, 6.07) is 21.7. The van der Waals surface area contributed by atoms with Gasteiger partial charge in [0.2, 0.25) is 0 Å². The first-order chi connectivity index (χ1) is 25.6. The summed E-state index contributed by atoms with van der Waals surface area (Å²) in [5.41, 5.74) is 7.12. The van der Waals surface area contributed by atoms with E-state index < -0.39 is 48.0 Å². The fourth-order valence-electron chi connectivity index (χ4n) is 5.10. The van der Waals surface area contributed by atoms with Gasteiger partial charge in [0, 0.05) is 49.9 Å². The van der Waals surface area contributed by atoms with Crippen molar-refractivity contribution in [3.05, 3.63) is 96.6 Å². The maximum atomic E-state index is 12.0. The number of azo groups is 3. The SMILES string of the molecule is Cc1cc(N=Nc2c(S(O)(O)O)cc3ccc(N)cc3c2O)c(O)cc1N=Nc1ccc(N=Nc2ccc(SOOO)cc2)c2ccc(S(=O)(=O)O)cc12.[Cu]. The first kappa shape index (κ1) is 41.1. The van der Waals surface area contributed by atoms with E-state index in [1.807, 2.05) is 0 Å². The summed E-state index contributed by atoms with van der Waals surface area (Å²) >= 11 is 0.769. The van der Waals surface area contributed by atoms with Crippen LogP contribution in [0.3, 0.4) is 0 Å². The molecule has 6 rings (SSSR count). The smallest absolute Gasteiger partial charge is 0.294 e. The quantitative estimate of drug-likeness (QED) is 0.0114. The van der Waals surface area contributed by atoms with Crippen molar-refractivity contribution in [3.8, 4) is 11.5 Å². The van der Waals surface area contributed by atoms with Crippen LogP contribution in [0.1, 0.15) is 5.56 Å². The Morgan fingerprint density at radius 3 is 2.00 bits per heavy atom. The molecule has 22 heteroatoms. The molecule has 0 saturated carbocycles. The Hall–Kier alpha value is -5.07. The summed E-state index contributed by atoms with van der Waals surface area (Å²) in [6.45, 7) is 1.62. The van der Waals surface area contributed by atoms with E-state index in [1.165, 1.54) is 60.7 Å². The van der Waals surface area contributed by atoms with Crippen molar-refractivity contribution in [2.45, 2.75) is 21.6 Å². The van der Waals surface area contributed by atoms with E-state index in [0.717, 1.165) is 12.0 Å². The van der Waals surface area contributed by atoms with Crippen molar-refractivity contribution >= 4 is 94.4 Å². The molecular weight excluding hydrogens is 830 g/mol. The molecule has 0 atom stereocenters. The Kier molecular flexibility index (Phi) is 12.5. The number of rotatable bonds is 11. The number of nitrogens with zero attached hydrogens (tertiary/aromatic N) is 6. The topological polar surface area (TPSA) is 294 Å². The summed E-state index contributed by atoms with van der Waals surface area (Å²) in [5, 5.41) is 59.7. The zero-order valence-corrected chi connectivity index (χ0v) is 31.1. The number of hydrogen-bond acceptors (Lipinski definition) is 18. The van der Waals surface area contributed by atoms with E-state index in [4.69, 9.17) is 11.0 Å². The van der Waals surface area contributed by atoms with E-state index in [0.29, 0.717) is 38.3 Å². The van der Waals surface area contributed by atoms with Gasteiger partial charge in [0.15, 0.2) is 5.75 Å². The molecule has 9 N–H and O–H groups in total. The van der Waals surface area contributed by atoms with Crippen LogP contribution in [0.4, 0.5) is 39.8 Å². The van der Waals surface area contributed by atoms with E-state index in [-0.39, 0.29) is 44.9 Å². The molecule has 0 aliphatic rings.